The first-order chi connectivity index (χ1) is 48.8. The van der Waals surface area contributed by atoms with E-state index >= 15 is 0 Å². The van der Waals surface area contributed by atoms with Crippen molar-refractivity contribution in [2.24, 2.45) is 0 Å². The zero-order valence-corrected chi connectivity index (χ0v) is 54.8. The molecule has 0 spiro atoms. The average molecular weight is 1430 g/mol. The number of nitrogens with zero attached hydrogens (tertiary/aromatic N) is 6. The lowest BCUT2D eigenvalue weighted by molar-refractivity contribution is -0.112. The summed E-state index contributed by atoms with van der Waals surface area (Å²) < 4.78 is 79.6. The minimum atomic E-state index is -1.05. The van der Waals surface area contributed by atoms with E-state index in [4.69, 9.17) is 47.3 Å². The van der Waals surface area contributed by atoms with Crippen molar-refractivity contribution >= 4 is 127 Å². The number of carbonyl (C=O) groups excluding carboxylic acids is 3. The fraction of sp³-hybridized carbons (Fsp3) is 0.174. The molecule has 2 saturated heterocycles. The molecule has 3 aromatic heterocycles. The van der Waals surface area contributed by atoms with Crippen LogP contribution in [-0.2, 0) is 19.1 Å². The summed E-state index contributed by atoms with van der Waals surface area (Å²) in [6, 6.07) is 34.2. The quantitative estimate of drug-likeness (QED) is 0.0168. The first-order valence-corrected chi connectivity index (χ1v) is 31.4. The first-order valence-electron chi connectivity index (χ1n) is 30.7. The number of amides is 3. The molecule has 5 heterocycles. The molecular weight excluding hydrogens is 1360 g/mol. The lowest BCUT2D eigenvalue weighted by Crippen LogP contribution is -2.28. The van der Waals surface area contributed by atoms with Gasteiger partial charge in [0.2, 0.25) is 35.6 Å². The Balaban J connectivity index is 0.000000177. The molecule has 0 aliphatic carbocycles. The number of benzene rings is 6. The largest absolute Gasteiger partial charge is 0.489 e. The Morgan fingerprint density at radius 3 is 1.41 bits per heavy atom. The number of halogens is 6. The number of β-amino-alcohol motifs (C(OH)–C–C–N with tert-alkyl or cyclic N) is 1. The van der Waals surface area contributed by atoms with Crippen LogP contribution in [0.3, 0.4) is 0 Å². The molecular formula is C69H66Cl2F4N16O10. The summed E-state index contributed by atoms with van der Waals surface area (Å²) in [7, 11) is 0. The van der Waals surface area contributed by atoms with Crippen molar-refractivity contribution in [2.45, 2.75) is 37.2 Å². The summed E-state index contributed by atoms with van der Waals surface area (Å²) >= 11 is 12.3. The van der Waals surface area contributed by atoms with Gasteiger partial charge in [-0.3, -0.25) is 14.4 Å². The van der Waals surface area contributed by atoms with Gasteiger partial charge in [-0.1, -0.05) is 61.1 Å². The number of hydrogen-bond donors (Lipinski definition) is 13. The van der Waals surface area contributed by atoms with Gasteiger partial charge < -0.3 is 87.4 Å². The summed E-state index contributed by atoms with van der Waals surface area (Å²) in [6.45, 7) is 11.5. The third-order valence-electron chi connectivity index (χ3n) is 14.0. The van der Waals surface area contributed by atoms with Gasteiger partial charge in [0, 0.05) is 88.4 Å². The lowest BCUT2D eigenvalue weighted by Gasteiger charge is -2.15. The van der Waals surface area contributed by atoms with Gasteiger partial charge >= 0.3 is 0 Å². The van der Waals surface area contributed by atoms with Crippen molar-refractivity contribution in [1.29, 1.82) is 0 Å². The average Bonchev–Trinajstić information content (AvgIpc) is 0.951. The van der Waals surface area contributed by atoms with Crippen LogP contribution in [0.15, 0.2) is 184 Å². The van der Waals surface area contributed by atoms with Crippen LogP contribution >= 0.6 is 23.2 Å². The highest BCUT2D eigenvalue weighted by molar-refractivity contribution is 6.32. The van der Waals surface area contributed by atoms with Crippen molar-refractivity contribution in [3.05, 3.63) is 217 Å². The number of carbonyl (C=O) groups is 3. The molecule has 3 amide bonds. The maximum absolute atomic E-state index is 14.5. The van der Waals surface area contributed by atoms with E-state index in [0.29, 0.717) is 93.2 Å². The van der Waals surface area contributed by atoms with Gasteiger partial charge in [0.1, 0.15) is 36.9 Å². The Hall–Kier alpha value is -11.5. The number of rotatable bonds is 27. The zero-order valence-electron chi connectivity index (χ0n) is 53.3. The van der Waals surface area contributed by atoms with Crippen molar-refractivity contribution in [2.75, 3.05) is 87.4 Å². The maximum Gasteiger partial charge on any atom is 0.247 e. The molecule has 32 heteroatoms. The normalized spacial score (nSPS) is 14.5. The van der Waals surface area contributed by atoms with Gasteiger partial charge in [-0.2, -0.15) is 15.0 Å². The van der Waals surface area contributed by atoms with Crippen LogP contribution in [0.5, 0.6) is 17.2 Å². The summed E-state index contributed by atoms with van der Waals surface area (Å²) in [4.78, 5) is 58.8. The number of hydrogen-bond acceptors (Lipinski definition) is 23. The summed E-state index contributed by atoms with van der Waals surface area (Å²) in [5.41, 5.74) is 4.48. The van der Waals surface area contributed by atoms with E-state index in [0.717, 1.165) is 43.2 Å². The zero-order chi connectivity index (χ0) is 71.8. The van der Waals surface area contributed by atoms with Crippen molar-refractivity contribution in [3.8, 4) is 17.2 Å². The number of aliphatic hydroxyl groups excluding tert-OH is 3. The van der Waals surface area contributed by atoms with E-state index in [1.54, 1.807) is 115 Å². The fourth-order valence-corrected chi connectivity index (χ4v) is 9.48. The van der Waals surface area contributed by atoms with Gasteiger partial charge in [0.15, 0.2) is 46.5 Å². The van der Waals surface area contributed by atoms with Crippen LogP contribution in [0.1, 0.15) is 12.8 Å². The number of ether oxygens (including phenoxy) is 4. The Kier molecular flexibility index (Phi) is 26.5. The predicted octanol–water partition coefficient (Wildman–Crippen LogP) is 12.1. The molecule has 1 unspecified atom stereocenters. The second-order valence-corrected chi connectivity index (χ2v) is 22.5. The van der Waals surface area contributed by atoms with Crippen LogP contribution < -0.4 is 67.4 Å². The molecule has 4 atom stereocenters. The third-order valence-corrected chi connectivity index (χ3v) is 14.6. The van der Waals surface area contributed by atoms with Crippen molar-refractivity contribution < 1.29 is 66.2 Å². The van der Waals surface area contributed by atoms with Crippen molar-refractivity contribution in [3.63, 3.8) is 0 Å². The minimum Gasteiger partial charge on any atom is -0.489 e. The van der Waals surface area contributed by atoms with Crippen LogP contribution in [0.4, 0.5) is 104 Å². The molecule has 0 radical (unpaired) electrons. The van der Waals surface area contributed by atoms with Crippen LogP contribution in [0, 0.1) is 23.3 Å². The Morgan fingerprint density at radius 1 is 0.564 bits per heavy atom. The SMILES string of the molecule is C=CC(=O)Nc1cccc(Nc2nc(Nc3ccc(Cl)c(OCC(O)CO)c3)ncc2F)c1.C=CC(=O)Nc1cccc(Nc2nc(Nc3ccc(Cl)c(O[C@H]4CCOC4)c3)ncc2F)c1.C=CC(=O)Nc1cccc(Nc2nc(Nc3ccc(OC[C@@H]4C[C@@H](O)CN4)c(F)c3)ncc2F)c1. The fourth-order valence-electron chi connectivity index (χ4n) is 9.14. The van der Waals surface area contributed by atoms with Gasteiger partial charge in [0.05, 0.1) is 54.6 Å². The number of aromatic nitrogens is 6. The van der Waals surface area contributed by atoms with Gasteiger partial charge in [-0.15, -0.1) is 0 Å². The molecule has 2 aliphatic rings. The molecule has 9 aromatic rings. The minimum absolute atomic E-state index is 0.0340. The predicted molar refractivity (Wildman–Crippen MR) is 377 cm³/mol. The van der Waals surface area contributed by atoms with Crippen LogP contribution in [0.2, 0.25) is 10.0 Å². The topological polar surface area (TPSA) is 346 Å². The lowest BCUT2D eigenvalue weighted by atomic mass is 10.2. The molecule has 11 rings (SSSR count). The molecule has 0 bridgehead atoms. The molecule has 524 valence electrons. The summed E-state index contributed by atoms with van der Waals surface area (Å²) in [5, 5.41) is 57.0. The van der Waals surface area contributed by atoms with E-state index in [2.05, 4.69) is 103 Å². The Labute approximate surface area is 585 Å². The molecule has 13 N–H and O–H groups in total. The summed E-state index contributed by atoms with van der Waals surface area (Å²) in [5.74, 6) is -2.76. The third kappa shape index (κ3) is 22.8. The highest BCUT2D eigenvalue weighted by atomic mass is 35.5. The first kappa shape index (κ1) is 73.7. The standard InChI is InChI=1S/C24H24F2N6O3.C23H21ClFN5O3.C22H21ClFN5O4/c1-2-22(34)29-14-4-3-5-15(8-14)30-23-20(26)12-28-24(32-23)31-16-6-7-21(19(25)10-16)35-13-17-9-18(33)11-27-17;1-2-21(31)27-14-4-3-5-15(10-14)28-22-19(25)12-26-23(30-22)29-16-6-7-18(24)20(11-16)33-17-8-9-32-13-17;1-2-20(32)26-13-4-3-5-14(8-13)27-21-18(24)10-25-22(29-21)28-15-6-7-17(23)19(9-15)33-12-16(31)11-30/h2-8,10,12,17-18,27,33H,1,9,11,13H2,(H,29,34)(H2,28,30,31,32);2-7,10-12,17H,1,8-9,13H2,(H,27,31)(H2,26,28,29,30);2-10,16,30-31H,1,11-12H2,(H,26,32)(H2,25,27,28,29)/t17-,18+;17-;/m00./s1. The second kappa shape index (κ2) is 36.4. The van der Waals surface area contributed by atoms with E-state index < -0.39 is 42.1 Å². The van der Waals surface area contributed by atoms with E-state index in [1.165, 1.54) is 12.1 Å². The van der Waals surface area contributed by atoms with E-state index in [-0.39, 0.29) is 89.9 Å². The summed E-state index contributed by atoms with van der Waals surface area (Å²) in [6.07, 6.45) is 6.32. The molecule has 6 aromatic carbocycles. The highest BCUT2D eigenvalue weighted by Gasteiger charge is 2.24. The molecule has 0 saturated carbocycles. The molecule has 2 aliphatic heterocycles. The Bertz CT molecular complexity index is 4420. The van der Waals surface area contributed by atoms with E-state index in [1.807, 2.05) is 0 Å². The van der Waals surface area contributed by atoms with Crippen LogP contribution in [0.25, 0.3) is 0 Å². The smallest absolute Gasteiger partial charge is 0.247 e. The number of anilines is 15. The number of nitrogens with one attached hydrogen (secondary N) is 10. The molecule has 26 nitrogen and oxygen atoms in total. The molecule has 2 fully saturated rings. The second-order valence-electron chi connectivity index (χ2n) is 21.7. The maximum atomic E-state index is 14.5. The van der Waals surface area contributed by atoms with Gasteiger partial charge in [-0.05, 0) is 116 Å². The Morgan fingerprint density at radius 2 is 0.990 bits per heavy atom. The monoisotopic (exact) mass is 1420 g/mol. The van der Waals surface area contributed by atoms with Gasteiger partial charge in [-0.25, -0.2) is 32.5 Å². The number of aliphatic hydroxyl groups is 3. The van der Waals surface area contributed by atoms with E-state index in [9.17, 15) is 42.2 Å². The van der Waals surface area contributed by atoms with Crippen LogP contribution in [-0.4, -0.2) is 127 Å². The van der Waals surface area contributed by atoms with Crippen molar-refractivity contribution in [1.82, 2.24) is 35.2 Å². The highest BCUT2D eigenvalue weighted by Crippen LogP contribution is 2.34. The van der Waals surface area contributed by atoms with Gasteiger partial charge in [0.25, 0.3) is 0 Å². The molecule has 101 heavy (non-hydrogen) atoms.